The molecule has 21 heavy (non-hydrogen) atoms. The maximum absolute atomic E-state index is 13.3. The van der Waals surface area contributed by atoms with Gasteiger partial charge >= 0.3 is 0 Å². The highest BCUT2D eigenvalue weighted by molar-refractivity contribution is 6.28. The van der Waals surface area contributed by atoms with E-state index in [0.717, 1.165) is 11.4 Å². The molecule has 1 saturated carbocycles. The van der Waals surface area contributed by atoms with E-state index in [0.29, 0.717) is 18.7 Å². The molecule has 1 aromatic heterocycles. The van der Waals surface area contributed by atoms with E-state index >= 15 is 0 Å². The fourth-order valence-electron chi connectivity index (χ4n) is 3.00. The standard InChI is InChI=1S/C14H19ClF2N4/c1-7-8(2)19-12-11(18-7)10(20-13(15)21-12)9-3-5-14(16,17)6-4-9/h7-9,18H,3-6H2,1-2H3,(H,19,20,21). The smallest absolute Gasteiger partial charge is 0.248 e. The van der Waals surface area contributed by atoms with Gasteiger partial charge in [0.1, 0.15) is 0 Å². The number of nitrogens with one attached hydrogen (secondary N) is 2. The van der Waals surface area contributed by atoms with Crippen LogP contribution in [0.25, 0.3) is 0 Å². The molecule has 0 spiro atoms. The normalized spacial score (nSPS) is 28.4. The minimum absolute atomic E-state index is 0.00813. The zero-order chi connectivity index (χ0) is 15.2. The Balaban J connectivity index is 1.92. The lowest BCUT2D eigenvalue weighted by Gasteiger charge is -2.35. The molecule has 0 radical (unpaired) electrons. The Labute approximate surface area is 127 Å². The number of fused-ring (bicyclic) bond motifs is 1. The van der Waals surface area contributed by atoms with Crippen LogP contribution in [0.4, 0.5) is 20.3 Å². The van der Waals surface area contributed by atoms with E-state index in [1.807, 2.05) is 0 Å². The molecule has 1 aliphatic heterocycles. The first-order chi connectivity index (χ1) is 9.85. The molecule has 2 atom stereocenters. The summed E-state index contributed by atoms with van der Waals surface area (Å²) in [7, 11) is 0. The SMILES string of the molecule is CC1Nc2nc(Cl)nc(C3CCC(F)(F)CC3)c2NC1C. The Bertz CT molecular complexity index is 542. The largest absolute Gasteiger partial charge is 0.376 e. The highest BCUT2D eigenvalue weighted by atomic mass is 35.5. The minimum Gasteiger partial charge on any atom is -0.376 e. The highest BCUT2D eigenvalue weighted by Crippen LogP contribution is 2.44. The molecule has 2 heterocycles. The van der Waals surface area contributed by atoms with E-state index in [1.165, 1.54) is 0 Å². The van der Waals surface area contributed by atoms with Gasteiger partial charge in [-0.05, 0) is 38.3 Å². The number of hydrogen-bond acceptors (Lipinski definition) is 4. The summed E-state index contributed by atoms with van der Waals surface area (Å²) in [6, 6.07) is 0.429. The third-order valence-electron chi connectivity index (χ3n) is 4.50. The van der Waals surface area contributed by atoms with Crippen LogP contribution in [-0.4, -0.2) is 28.0 Å². The lowest BCUT2D eigenvalue weighted by atomic mass is 9.83. The maximum Gasteiger partial charge on any atom is 0.248 e. The Morgan fingerprint density at radius 3 is 2.38 bits per heavy atom. The van der Waals surface area contributed by atoms with Crippen molar-refractivity contribution in [3.05, 3.63) is 11.0 Å². The van der Waals surface area contributed by atoms with Gasteiger partial charge in [-0.25, -0.2) is 13.8 Å². The van der Waals surface area contributed by atoms with Crippen molar-refractivity contribution in [2.45, 2.75) is 63.5 Å². The number of alkyl halides is 2. The first-order valence-electron chi connectivity index (χ1n) is 7.34. The monoisotopic (exact) mass is 316 g/mol. The molecule has 3 rings (SSSR count). The Morgan fingerprint density at radius 2 is 1.71 bits per heavy atom. The van der Waals surface area contributed by atoms with Crippen molar-refractivity contribution in [1.82, 2.24) is 9.97 Å². The van der Waals surface area contributed by atoms with Crippen molar-refractivity contribution in [1.29, 1.82) is 0 Å². The maximum atomic E-state index is 13.3. The second kappa shape index (κ2) is 5.23. The number of rotatable bonds is 1. The number of halogens is 3. The summed E-state index contributed by atoms with van der Waals surface area (Å²) in [6.45, 7) is 4.12. The molecule has 2 aliphatic rings. The minimum atomic E-state index is -2.54. The van der Waals surface area contributed by atoms with Gasteiger partial charge in [0.05, 0.1) is 11.4 Å². The number of hydrogen-bond donors (Lipinski definition) is 2. The molecule has 1 fully saturated rings. The molecule has 4 nitrogen and oxygen atoms in total. The molecule has 0 aromatic carbocycles. The predicted octanol–water partition coefficient (Wildman–Crippen LogP) is 4.04. The number of anilines is 2. The van der Waals surface area contributed by atoms with Gasteiger partial charge in [0.15, 0.2) is 5.82 Å². The van der Waals surface area contributed by atoms with E-state index in [9.17, 15) is 8.78 Å². The highest BCUT2D eigenvalue weighted by Gasteiger charge is 2.38. The quantitative estimate of drug-likeness (QED) is 0.768. The van der Waals surface area contributed by atoms with Crippen molar-refractivity contribution in [2.75, 3.05) is 10.6 Å². The summed E-state index contributed by atoms with van der Waals surface area (Å²) in [6.07, 6.45) is 0.678. The summed E-state index contributed by atoms with van der Waals surface area (Å²) in [5, 5.41) is 6.85. The van der Waals surface area contributed by atoms with Gasteiger partial charge in [-0.3, -0.25) is 0 Å². The molecule has 7 heteroatoms. The van der Waals surface area contributed by atoms with E-state index in [1.54, 1.807) is 0 Å². The molecule has 0 amide bonds. The molecule has 0 bridgehead atoms. The van der Waals surface area contributed by atoms with E-state index in [2.05, 4.69) is 34.4 Å². The zero-order valence-electron chi connectivity index (χ0n) is 12.1. The van der Waals surface area contributed by atoms with Crippen molar-refractivity contribution in [3.63, 3.8) is 0 Å². The third-order valence-corrected chi connectivity index (χ3v) is 4.67. The topological polar surface area (TPSA) is 49.8 Å². The van der Waals surface area contributed by atoms with E-state index < -0.39 is 5.92 Å². The van der Waals surface area contributed by atoms with Crippen molar-refractivity contribution < 1.29 is 8.78 Å². The fraction of sp³-hybridized carbons (Fsp3) is 0.714. The summed E-state index contributed by atoms with van der Waals surface area (Å²) in [5.74, 6) is -1.86. The summed E-state index contributed by atoms with van der Waals surface area (Å²) in [4.78, 5) is 8.54. The van der Waals surface area contributed by atoms with Crippen LogP contribution in [0, 0.1) is 0 Å². The molecule has 2 N–H and O–H groups in total. The van der Waals surface area contributed by atoms with Gasteiger partial charge in [0.25, 0.3) is 0 Å². The lowest BCUT2D eigenvalue weighted by molar-refractivity contribution is -0.0384. The first kappa shape index (κ1) is 14.8. The van der Waals surface area contributed by atoms with Crippen LogP contribution < -0.4 is 10.6 Å². The second-order valence-electron chi connectivity index (χ2n) is 6.10. The van der Waals surface area contributed by atoms with Crippen LogP contribution in [0.2, 0.25) is 5.28 Å². The van der Waals surface area contributed by atoms with Gasteiger partial charge in [-0.2, -0.15) is 4.98 Å². The molecular formula is C14H19ClF2N4. The van der Waals surface area contributed by atoms with Crippen LogP contribution in [0.3, 0.4) is 0 Å². The van der Waals surface area contributed by atoms with Crippen molar-refractivity contribution in [3.8, 4) is 0 Å². The van der Waals surface area contributed by atoms with Crippen molar-refractivity contribution >= 4 is 23.1 Å². The average molecular weight is 317 g/mol. The summed E-state index contributed by atoms with van der Waals surface area (Å²) in [5.41, 5.74) is 1.59. The molecule has 1 aliphatic carbocycles. The van der Waals surface area contributed by atoms with Crippen LogP contribution in [-0.2, 0) is 0 Å². The molecule has 116 valence electrons. The van der Waals surface area contributed by atoms with E-state index in [4.69, 9.17) is 11.6 Å². The van der Waals surface area contributed by atoms with Gasteiger partial charge in [-0.1, -0.05) is 0 Å². The first-order valence-corrected chi connectivity index (χ1v) is 7.72. The summed E-state index contributed by atoms with van der Waals surface area (Å²) < 4.78 is 26.7. The Hall–Kier alpha value is -1.17. The Kier molecular flexibility index (Phi) is 3.67. The fourth-order valence-corrected chi connectivity index (χ4v) is 3.17. The molecule has 2 unspecified atom stereocenters. The average Bonchev–Trinajstić information content (AvgIpc) is 2.40. The molecular weight excluding hydrogens is 298 g/mol. The van der Waals surface area contributed by atoms with Crippen LogP contribution in [0.5, 0.6) is 0 Å². The second-order valence-corrected chi connectivity index (χ2v) is 6.44. The molecule has 1 aromatic rings. The summed E-state index contributed by atoms with van der Waals surface area (Å²) >= 11 is 6.00. The lowest BCUT2D eigenvalue weighted by Crippen LogP contribution is -2.40. The van der Waals surface area contributed by atoms with Gasteiger partial charge in [0.2, 0.25) is 11.2 Å². The number of aromatic nitrogens is 2. The predicted molar refractivity (Wildman–Crippen MR) is 79.4 cm³/mol. The van der Waals surface area contributed by atoms with Gasteiger partial charge < -0.3 is 10.6 Å². The molecule has 0 saturated heterocycles. The van der Waals surface area contributed by atoms with Crippen LogP contribution >= 0.6 is 11.6 Å². The van der Waals surface area contributed by atoms with E-state index in [-0.39, 0.29) is 36.1 Å². The third kappa shape index (κ3) is 2.91. The number of nitrogens with zero attached hydrogens (tertiary/aromatic N) is 2. The van der Waals surface area contributed by atoms with Gasteiger partial charge in [-0.15, -0.1) is 0 Å². The zero-order valence-corrected chi connectivity index (χ0v) is 12.8. The van der Waals surface area contributed by atoms with Crippen LogP contribution in [0.1, 0.15) is 51.1 Å². The van der Waals surface area contributed by atoms with Crippen molar-refractivity contribution in [2.24, 2.45) is 0 Å². The Morgan fingerprint density at radius 1 is 1.10 bits per heavy atom. The van der Waals surface area contributed by atoms with Crippen LogP contribution in [0.15, 0.2) is 0 Å². The van der Waals surface area contributed by atoms with Gasteiger partial charge in [0, 0.05) is 30.8 Å².